The van der Waals surface area contributed by atoms with Gasteiger partial charge in [-0.2, -0.15) is 0 Å². The molecule has 0 aliphatic rings. The zero-order valence-electron chi connectivity index (χ0n) is 8.22. The molecule has 0 aliphatic heterocycles. The lowest BCUT2D eigenvalue weighted by Crippen LogP contribution is -1.97. The molecule has 0 saturated heterocycles. The number of aliphatic hydroxyl groups is 1. The van der Waals surface area contributed by atoms with Gasteiger partial charge < -0.3 is 5.11 Å². The number of aromatic nitrogens is 1. The summed E-state index contributed by atoms with van der Waals surface area (Å²) < 4.78 is 0. The van der Waals surface area contributed by atoms with Crippen molar-refractivity contribution in [3.63, 3.8) is 0 Å². The van der Waals surface area contributed by atoms with E-state index >= 15 is 0 Å². The van der Waals surface area contributed by atoms with E-state index in [0.29, 0.717) is 10.7 Å². The van der Waals surface area contributed by atoms with Crippen LogP contribution in [0.3, 0.4) is 0 Å². The van der Waals surface area contributed by atoms with Gasteiger partial charge in [0.2, 0.25) is 0 Å². The van der Waals surface area contributed by atoms with Gasteiger partial charge in [-0.1, -0.05) is 29.8 Å². The van der Waals surface area contributed by atoms with Crippen LogP contribution in [0, 0.1) is 0 Å². The van der Waals surface area contributed by atoms with Gasteiger partial charge in [-0.25, -0.2) is 4.98 Å². The van der Waals surface area contributed by atoms with Crippen LogP contribution >= 0.6 is 23.8 Å². The van der Waals surface area contributed by atoms with Crippen LogP contribution < -0.4 is 0 Å². The van der Waals surface area contributed by atoms with Crippen molar-refractivity contribution in [1.82, 2.24) is 4.98 Å². The molecule has 4 heteroatoms. The number of aliphatic hydroxyl groups excluding tert-OH is 1. The number of pyridine rings is 1. The number of rotatable bonds is 2. The third-order valence-electron chi connectivity index (χ3n) is 2.20. The molecule has 0 aliphatic carbocycles. The molecule has 0 saturated carbocycles. The van der Waals surface area contributed by atoms with E-state index in [4.69, 9.17) is 23.8 Å². The Labute approximate surface area is 104 Å². The van der Waals surface area contributed by atoms with Gasteiger partial charge >= 0.3 is 0 Å². The Morgan fingerprint density at radius 2 is 1.94 bits per heavy atom. The highest BCUT2D eigenvalue weighted by atomic mass is 35.5. The molecule has 0 spiro atoms. The van der Waals surface area contributed by atoms with Crippen LogP contribution in [-0.2, 0) is 0 Å². The van der Waals surface area contributed by atoms with Gasteiger partial charge in [0.15, 0.2) is 5.05 Å². The number of thiocarbonyl (C=S) groups is 1. The maximum atomic E-state index is 9.41. The summed E-state index contributed by atoms with van der Waals surface area (Å²) in [4.78, 5) is 4.00. The fourth-order valence-corrected chi connectivity index (χ4v) is 1.75. The first-order valence-electron chi connectivity index (χ1n) is 4.63. The van der Waals surface area contributed by atoms with E-state index in [1.165, 1.54) is 0 Å². The monoisotopic (exact) mass is 249 g/mol. The van der Waals surface area contributed by atoms with E-state index < -0.39 is 0 Å². The minimum atomic E-state index is -0.120. The van der Waals surface area contributed by atoms with Crippen molar-refractivity contribution in [2.24, 2.45) is 0 Å². The molecule has 0 amide bonds. The minimum Gasteiger partial charge on any atom is -0.499 e. The number of nitrogens with zero attached hydrogens (tertiary/aromatic N) is 1. The Bertz CT molecular complexity index is 525. The fourth-order valence-electron chi connectivity index (χ4n) is 1.46. The van der Waals surface area contributed by atoms with Gasteiger partial charge in [0.25, 0.3) is 0 Å². The summed E-state index contributed by atoms with van der Waals surface area (Å²) in [6.07, 6.45) is 1.65. The molecule has 80 valence electrons. The Morgan fingerprint density at radius 1 is 1.19 bits per heavy atom. The summed E-state index contributed by atoms with van der Waals surface area (Å²) in [7, 11) is 0. The highest BCUT2D eigenvalue weighted by Crippen LogP contribution is 2.24. The second-order valence-electron chi connectivity index (χ2n) is 3.22. The van der Waals surface area contributed by atoms with Crippen molar-refractivity contribution >= 4 is 28.9 Å². The van der Waals surface area contributed by atoms with Gasteiger partial charge in [0.05, 0.1) is 0 Å². The molecule has 0 bridgehead atoms. The van der Waals surface area contributed by atoms with Gasteiger partial charge in [0, 0.05) is 17.3 Å². The Morgan fingerprint density at radius 3 is 2.56 bits per heavy atom. The maximum absolute atomic E-state index is 9.41. The molecule has 1 N–H and O–H groups in total. The summed E-state index contributed by atoms with van der Waals surface area (Å²) in [5, 5.41) is 9.72. The summed E-state index contributed by atoms with van der Waals surface area (Å²) in [6.45, 7) is 0. The van der Waals surface area contributed by atoms with E-state index in [0.717, 1.165) is 11.1 Å². The van der Waals surface area contributed by atoms with Crippen LogP contribution in [0.2, 0.25) is 5.15 Å². The van der Waals surface area contributed by atoms with E-state index in [1.807, 2.05) is 24.3 Å². The summed E-state index contributed by atoms with van der Waals surface area (Å²) in [6, 6.07) is 10.9. The number of benzene rings is 1. The van der Waals surface area contributed by atoms with Crippen molar-refractivity contribution in [3.05, 3.63) is 53.3 Å². The zero-order chi connectivity index (χ0) is 11.5. The van der Waals surface area contributed by atoms with Crippen molar-refractivity contribution in [3.8, 4) is 11.1 Å². The minimum absolute atomic E-state index is 0.120. The number of hydrogen-bond acceptors (Lipinski definition) is 2. The predicted molar refractivity (Wildman–Crippen MR) is 69.0 cm³/mol. The van der Waals surface area contributed by atoms with Gasteiger partial charge in [-0.15, -0.1) is 0 Å². The average Bonchev–Trinajstić information content (AvgIpc) is 2.30. The molecule has 16 heavy (non-hydrogen) atoms. The highest BCUT2D eigenvalue weighted by molar-refractivity contribution is 7.80. The Hall–Kier alpha value is -1.45. The third-order valence-corrected chi connectivity index (χ3v) is 2.64. The first-order chi connectivity index (χ1) is 7.68. The molecular formula is C12H8ClNOS. The van der Waals surface area contributed by atoms with Gasteiger partial charge in [0.1, 0.15) is 5.15 Å². The lowest BCUT2D eigenvalue weighted by atomic mass is 10.0. The zero-order valence-corrected chi connectivity index (χ0v) is 9.79. The van der Waals surface area contributed by atoms with Crippen LogP contribution in [0.5, 0.6) is 0 Å². The Balaban J connectivity index is 2.55. The smallest absolute Gasteiger partial charge is 0.189 e. The quantitative estimate of drug-likeness (QED) is 0.652. The summed E-state index contributed by atoms with van der Waals surface area (Å²) in [5.41, 5.74) is 2.34. The van der Waals surface area contributed by atoms with Crippen molar-refractivity contribution in [2.75, 3.05) is 0 Å². The van der Waals surface area contributed by atoms with Crippen LogP contribution in [0.25, 0.3) is 11.1 Å². The molecule has 2 rings (SSSR count). The molecule has 2 aromatic rings. The van der Waals surface area contributed by atoms with Gasteiger partial charge in [-0.3, -0.25) is 0 Å². The first-order valence-corrected chi connectivity index (χ1v) is 5.41. The topological polar surface area (TPSA) is 33.1 Å². The number of halogens is 1. The normalized spacial score (nSPS) is 10.1. The molecule has 1 heterocycles. The first kappa shape index (κ1) is 11.0. The summed E-state index contributed by atoms with van der Waals surface area (Å²) >= 11 is 10.5. The van der Waals surface area contributed by atoms with Gasteiger partial charge in [-0.05, 0) is 36.0 Å². The van der Waals surface area contributed by atoms with Crippen molar-refractivity contribution in [1.29, 1.82) is 0 Å². The van der Waals surface area contributed by atoms with E-state index in [9.17, 15) is 5.11 Å². The SMILES string of the molecule is OC(=S)c1ccccc1-c1ccc(Cl)nc1. The number of hydrogen-bond donors (Lipinski definition) is 1. The molecule has 0 unspecified atom stereocenters. The average molecular weight is 250 g/mol. The van der Waals surface area contributed by atoms with Crippen molar-refractivity contribution in [2.45, 2.75) is 0 Å². The largest absolute Gasteiger partial charge is 0.499 e. The standard InChI is InChI=1S/C12H8ClNOS/c13-11-6-5-8(7-14-11)9-3-1-2-4-10(9)12(15)16/h1-7H,(H,15,16). The predicted octanol–water partition coefficient (Wildman–Crippen LogP) is 3.64. The second-order valence-corrected chi connectivity index (χ2v) is 3.99. The second kappa shape index (κ2) is 4.60. The van der Waals surface area contributed by atoms with Crippen LogP contribution in [0.15, 0.2) is 42.6 Å². The lowest BCUT2D eigenvalue weighted by Gasteiger charge is -2.06. The van der Waals surface area contributed by atoms with Crippen LogP contribution in [-0.4, -0.2) is 15.1 Å². The molecule has 0 fully saturated rings. The van der Waals surface area contributed by atoms with Crippen LogP contribution in [0.1, 0.15) is 5.56 Å². The fraction of sp³-hybridized carbons (Fsp3) is 0. The molecular weight excluding hydrogens is 242 g/mol. The maximum Gasteiger partial charge on any atom is 0.189 e. The Kier molecular flexibility index (Phi) is 3.17. The third kappa shape index (κ3) is 2.21. The van der Waals surface area contributed by atoms with Crippen LogP contribution in [0.4, 0.5) is 0 Å². The molecule has 1 aromatic heterocycles. The van der Waals surface area contributed by atoms with E-state index in [-0.39, 0.29) is 5.05 Å². The molecule has 2 nitrogen and oxygen atoms in total. The summed E-state index contributed by atoms with van der Waals surface area (Å²) in [5.74, 6) is 0. The molecule has 1 aromatic carbocycles. The van der Waals surface area contributed by atoms with E-state index in [2.05, 4.69) is 4.98 Å². The molecule has 0 radical (unpaired) electrons. The molecule has 0 atom stereocenters. The lowest BCUT2D eigenvalue weighted by molar-refractivity contribution is 0.571. The van der Waals surface area contributed by atoms with E-state index in [1.54, 1.807) is 18.3 Å². The van der Waals surface area contributed by atoms with Crippen molar-refractivity contribution < 1.29 is 5.11 Å². The highest BCUT2D eigenvalue weighted by Gasteiger charge is 2.07.